The van der Waals surface area contributed by atoms with Gasteiger partial charge in [0.15, 0.2) is 0 Å². The molecule has 0 radical (unpaired) electrons. The molecule has 26 heavy (non-hydrogen) atoms. The molecule has 142 valence electrons. The van der Waals surface area contributed by atoms with Gasteiger partial charge >= 0.3 is 6.18 Å². The highest BCUT2D eigenvalue weighted by molar-refractivity contribution is 6.29. The molecule has 2 N–H and O–H groups in total. The molecule has 0 aliphatic heterocycles. The van der Waals surface area contributed by atoms with E-state index in [1.807, 2.05) is 13.8 Å². The molecule has 0 aliphatic carbocycles. The minimum Gasteiger partial charge on any atom is -0.491 e. The number of hydrogen-bond acceptors (Lipinski definition) is 4. The topological polar surface area (TPSA) is 61.0 Å². The lowest BCUT2D eigenvalue weighted by Crippen LogP contribution is -2.43. The maximum absolute atomic E-state index is 13.5. The molecule has 2 rings (SSSR count). The first-order valence-corrected chi connectivity index (χ1v) is 8.46. The first-order chi connectivity index (χ1) is 12.0. The summed E-state index contributed by atoms with van der Waals surface area (Å²) >= 11 is 5.79. The molecule has 0 amide bonds. The molecule has 2 aromatic rings. The van der Waals surface area contributed by atoms with E-state index < -0.39 is 17.3 Å². The Hall–Kier alpha value is -1.86. The second-order valence-corrected chi connectivity index (χ2v) is 7.36. The molecule has 1 aromatic heterocycles. The van der Waals surface area contributed by atoms with Gasteiger partial charge in [-0.1, -0.05) is 25.4 Å². The number of ether oxygens (including phenoxy) is 1. The number of rotatable bonds is 6. The van der Waals surface area contributed by atoms with Gasteiger partial charge in [-0.2, -0.15) is 13.2 Å². The van der Waals surface area contributed by atoms with Crippen molar-refractivity contribution in [3.05, 3.63) is 41.3 Å². The van der Waals surface area contributed by atoms with Gasteiger partial charge in [0.1, 0.15) is 23.8 Å². The summed E-state index contributed by atoms with van der Waals surface area (Å²) in [5.74, 6) is 0.0439. The maximum Gasteiger partial charge on any atom is 0.419 e. The van der Waals surface area contributed by atoms with Crippen LogP contribution in [0.1, 0.15) is 32.8 Å². The van der Waals surface area contributed by atoms with Crippen molar-refractivity contribution in [1.82, 2.24) is 9.97 Å². The summed E-state index contributed by atoms with van der Waals surface area (Å²) in [5, 5.41) is 0.150. The van der Waals surface area contributed by atoms with E-state index in [0.717, 1.165) is 6.07 Å². The van der Waals surface area contributed by atoms with Crippen LogP contribution >= 0.6 is 11.6 Å². The fraction of sp³-hybridized carbons (Fsp3) is 0.444. The monoisotopic (exact) mass is 387 g/mol. The van der Waals surface area contributed by atoms with Crippen molar-refractivity contribution < 1.29 is 17.9 Å². The third-order valence-corrected chi connectivity index (χ3v) is 3.85. The highest BCUT2D eigenvalue weighted by Crippen LogP contribution is 2.39. The second kappa shape index (κ2) is 7.80. The van der Waals surface area contributed by atoms with Crippen molar-refractivity contribution in [3.63, 3.8) is 0 Å². The zero-order valence-electron chi connectivity index (χ0n) is 14.8. The molecular formula is C18H21ClF3N3O. The molecule has 1 unspecified atom stereocenters. The Morgan fingerprint density at radius 2 is 1.88 bits per heavy atom. The van der Waals surface area contributed by atoms with Crippen LogP contribution in [0.3, 0.4) is 0 Å². The summed E-state index contributed by atoms with van der Waals surface area (Å²) in [6.07, 6.45) is -2.75. The first kappa shape index (κ1) is 20.5. The largest absolute Gasteiger partial charge is 0.491 e. The molecule has 0 fully saturated rings. The van der Waals surface area contributed by atoms with Crippen LogP contribution in [0.25, 0.3) is 11.3 Å². The van der Waals surface area contributed by atoms with Gasteiger partial charge < -0.3 is 10.5 Å². The van der Waals surface area contributed by atoms with Gasteiger partial charge in [0.25, 0.3) is 0 Å². The summed E-state index contributed by atoms with van der Waals surface area (Å²) in [6.45, 7) is 5.73. The van der Waals surface area contributed by atoms with Crippen LogP contribution in [0.4, 0.5) is 13.2 Å². The quantitative estimate of drug-likeness (QED) is 0.712. The molecular weight excluding hydrogens is 367 g/mol. The number of nitrogens with zero attached hydrogens (tertiary/aromatic N) is 2. The molecule has 8 heteroatoms. The van der Waals surface area contributed by atoms with E-state index >= 15 is 0 Å². The maximum atomic E-state index is 13.5. The van der Waals surface area contributed by atoms with Crippen LogP contribution < -0.4 is 10.5 Å². The van der Waals surface area contributed by atoms with E-state index in [1.54, 1.807) is 6.92 Å². The molecule has 0 saturated heterocycles. The number of aromatic nitrogens is 2. The minimum absolute atomic E-state index is 0.0209. The van der Waals surface area contributed by atoms with E-state index in [1.165, 1.54) is 24.5 Å². The van der Waals surface area contributed by atoms with Crippen LogP contribution in [0.15, 0.2) is 30.6 Å². The van der Waals surface area contributed by atoms with Gasteiger partial charge in [0, 0.05) is 17.2 Å². The molecule has 4 nitrogen and oxygen atoms in total. The Morgan fingerprint density at radius 3 is 2.46 bits per heavy atom. The van der Waals surface area contributed by atoms with Crippen molar-refractivity contribution in [2.24, 2.45) is 11.7 Å². The average molecular weight is 388 g/mol. The Labute approximate surface area is 155 Å². The summed E-state index contributed by atoms with van der Waals surface area (Å²) in [5.41, 5.74) is 5.08. The highest BCUT2D eigenvalue weighted by Gasteiger charge is 2.35. The van der Waals surface area contributed by atoms with Crippen molar-refractivity contribution >= 4 is 11.6 Å². The van der Waals surface area contributed by atoms with Gasteiger partial charge in [-0.15, -0.1) is 0 Å². The summed E-state index contributed by atoms with van der Waals surface area (Å²) in [6, 6.07) is 5.17. The molecule has 0 saturated carbocycles. The predicted octanol–water partition coefficient (Wildman–Crippen LogP) is 4.96. The molecule has 1 heterocycles. The zero-order valence-corrected chi connectivity index (χ0v) is 15.5. The number of alkyl halides is 3. The second-order valence-electron chi connectivity index (χ2n) is 6.98. The first-order valence-electron chi connectivity index (χ1n) is 8.09. The van der Waals surface area contributed by atoms with Crippen molar-refractivity contribution in [2.45, 2.75) is 38.9 Å². The predicted molar refractivity (Wildman–Crippen MR) is 95.0 cm³/mol. The van der Waals surface area contributed by atoms with Crippen LogP contribution in [-0.4, -0.2) is 22.1 Å². The Kier molecular flexibility index (Phi) is 6.13. The fourth-order valence-electron chi connectivity index (χ4n) is 2.76. The number of halogens is 4. The Balaban J connectivity index is 2.32. The van der Waals surface area contributed by atoms with E-state index in [2.05, 4.69) is 9.97 Å². The molecule has 0 bridgehead atoms. The fourth-order valence-corrected chi connectivity index (χ4v) is 2.91. The third kappa shape index (κ3) is 5.57. The van der Waals surface area contributed by atoms with Crippen molar-refractivity contribution in [2.75, 3.05) is 6.61 Å². The van der Waals surface area contributed by atoms with Gasteiger partial charge in [-0.3, -0.25) is 0 Å². The SMILES string of the molecule is CC(C)CC(C)(N)COc1ccc(-c2cc(Cl)ncn2)cc1C(F)(F)F. The average Bonchev–Trinajstić information content (AvgIpc) is 2.51. The standard InChI is InChI=1S/C18H21ClF3N3O/c1-11(2)8-17(3,23)9-26-15-5-4-12(6-13(15)18(20,21)22)14-7-16(19)25-10-24-14/h4-7,10-11H,8-9,23H2,1-3H3. The van der Waals surface area contributed by atoms with Gasteiger partial charge in [-0.05, 0) is 37.5 Å². The van der Waals surface area contributed by atoms with Gasteiger partial charge in [-0.25, -0.2) is 9.97 Å². The van der Waals surface area contributed by atoms with E-state index in [0.29, 0.717) is 18.0 Å². The smallest absolute Gasteiger partial charge is 0.419 e. The van der Waals surface area contributed by atoms with Crippen molar-refractivity contribution in [1.29, 1.82) is 0 Å². The Bertz CT molecular complexity index is 764. The lowest BCUT2D eigenvalue weighted by atomic mass is 9.93. The minimum atomic E-state index is -4.58. The molecule has 0 spiro atoms. The van der Waals surface area contributed by atoms with Crippen LogP contribution in [0.5, 0.6) is 5.75 Å². The number of benzene rings is 1. The van der Waals surface area contributed by atoms with Crippen LogP contribution in [-0.2, 0) is 6.18 Å². The van der Waals surface area contributed by atoms with Crippen molar-refractivity contribution in [3.8, 4) is 17.0 Å². The van der Waals surface area contributed by atoms with E-state index in [-0.39, 0.29) is 23.1 Å². The third-order valence-electron chi connectivity index (χ3n) is 3.65. The van der Waals surface area contributed by atoms with Crippen LogP contribution in [0, 0.1) is 5.92 Å². The summed E-state index contributed by atoms with van der Waals surface area (Å²) in [4.78, 5) is 7.68. The highest BCUT2D eigenvalue weighted by atomic mass is 35.5. The molecule has 1 aromatic carbocycles. The normalized spacial score (nSPS) is 14.3. The molecule has 1 atom stereocenters. The number of nitrogens with two attached hydrogens (primary N) is 1. The lowest BCUT2D eigenvalue weighted by molar-refractivity contribution is -0.139. The zero-order chi connectivity index (χ0) is 19.5. The van der Waals surface area contributed by atoms with Gasteiger partial charge in [0.05, 0.1) is 11.3 Å². The van der Waals surface area contributed by atoms with Gasteiger partial charge in [0.2, 0.25) is 0 Å². The lowest BCUT2D eigenvalue weighted by Gasteiger charge is -2.27. The Morgan fingerprint density at radius 1 is 1.19 bits per heavy atom. The summed E-state index contributed by atoms with van der Waals surface area (Å²) < 4.78 is 45.9. The number of hydrogen-bond donors (Lipinski definition) is 1. The summed E-state index contributed by atoms with van der Waals surface area (Å²) in [7, 11) is 0. The molecule has 0 aliphatic rings. The van der Waals surface area contributed by atoms with E-state index in [4.69, 9.17) is 22.1 Å². The van der Waals surface area contributed by atoms with E-state index in [9.17, 15) is 13.2 Å². The van der Waals surface area contributed by atoms with Crippen LogP contribution in [0.2, 0.25) is 5.15 Å².